The van der Waals surface area contributed by atoms with Crippen LogP contribution in [0.25, 0.3) is 21.5 Å². The summed E-state index contributed by atoms with van der Waals surface area (Å²) in [4.78, 5) is 30.6. The molecule has 4 aliphatic rings. The SMILES string of the molecule is O=C(O)OC1OC(OC(=O)c2cc(F)c3nc(N4C5CCC4CC(OCc4c(-c6ccccc6C(F)(F)F)noc4C4CC4)C5)sc3c2)C(O)C(O)C1O. The second-order valence-electron chi connectivity index (χ2n) is 13.8. The van der Waals surface area contributed by atoms with Crippen LogP contribution in [-0.4, -0.2) is 91.8 Å². The van der Waals surface area contributed by atoms with Crippen molar-refractivity contribution in [2.24, 2.45) is 0 Å². The Morgan fingerprint density at radius 2 is 1.65 bits per heavy atom. The van der Waals surface area contributed by atoms with Gasteiger partial charge in [-0.15, -0.1) is 0 Å². The van der Waals surface area contributed by atoms with E-state index in [1.165, 1.54) is 24.3 Å². The van der Waals surface area contributed by atoms with Gasteiger partial charge in [0, 0.05) is 29.1 Å². The van der Waals surface area contributed by atoms with Crippen LogP contribution in [0.1, 0.15) is 71.7 Å². The maximum absolute atomic E-state index is 15.4. The van der Waals surface area contributed by atoms with Crippen molar-refractivity contribution >= 4 is 38.8 Å². The molecule has 1 saturated carbocycles. The summed E-state index contributed by atoms with van der Waals surface area (Å²) in [5.74, 6) is -1.36. The van der Waals surface area contributed by atoms with E-state index in [0.29, 0.717) is 34.0 Å². The van der Waals surface area contributed by atoms with Gasteiger partial charge in [0.15, 0.2) is 10.9 Å². The summed E-state index contributed by atoms with van der Waals surface area (Å²) in [7, 11) is 0. The first-order chi connectivity index (χ1) is 25.8. The number of hydrogen-bond donors (Lipinski definition) is 4. The number of fused-ring (bicyclic) bond motifs is 3. The molecule has 288 valence electrons. The molecule has 2 aromatic heterocycles. The Labute approximate surface area is 306 Å². The Hall–Kier alpha value is -4.40. The van der Waals surface area contributed by atoms with Crippen LogP contribution in [0.4, 0.5) is 27.5 Å². The van der Waals surface area contributed by atoms with E-state index in [1.54, 1.807) is 0 Å². The lowest BCUT2D eigenvalue weighted by atomic mass is 9.98. The standard InChI is InChI=1S/C35H33F4N3O11S/c36-22-9-15(30(46)50-31-27(44)26(43)28(45)32(51-31)52-34(47)48)10-23-25(22)40-33(54-23)42-16-7-8-17(42)12-18(11-16)49-13-20-24(41-53-29(20)14-5-6-14)19-3-1-2-4-21(19)35(37,38)39/h1-4,9-10,14,16-18,26-28,31-32,43-45H,5-8,11-13H2,(H,47,48). The monoisotopic (exact) mass is 779 g/mol. The Bertz CT molecular complexity index is 2060. The fourth-order valence-electron chi connectivity index (χ4n) is 7.54. The molecular weight excluding hydrogens is 746 g/mol. The number of carbonyl (C=O) groups is 2. The van der Waals surface area contributed by atoms with Gasteiger partial charge in [0.1, 0.15) is 35.3 Å². The van der Waals surface area contributed by atoms with Gasteiger partial charge in [-0.05, 0) is 56.7 Å². The number of nitrogens with zero attached hydrogens (tertiary/aromatic N) is 3. The number of benzene rings is 2. The zero-order chi connectivity index (χ0) is 38.1. The van der Waals surface area contributed by atoms with Crippen LogP contribution in [0.5, 0.6) is 0 Å². The first kappa shape index (κ1) is 36.6. The van der Waals surface area contributed by atoms with Crippen LogP contribution in [0.3, 0.4) is 0 Å². The zero-order valence-corrected chi connectivity index (χ0v) is 28.8. The number of anilines is 1. The largest absolute Gasteiger partial charge is 0.508 e. The minimum absolute atomic E-state index is 0.0125. The molecule has 2 bridgehead atoms. The summed E-state index contributed by atoms with van der Waals surface area (Å²) in [6, 6.07) is 7.45. The molecule has 3 aliphatic heterocycles. The Balaban J connectivity index is 0.962. The van der Waals surface area contributed by atoms with Crippen molar-refractivity contribution in [3.8, 4) is 11.3 Å². The van der Waals surface area contributed by atoms with Crippen LogP contribution in [-0.2, 0) is 31.7 Å². The summed E-state index contributed by atoms with van der Waals surface area (Å²) in [5, 5.41) is 43.8. The van der Waals surface area contributed by atoms with E-state index >= 15 is 4.39 Å². The molecule has 0 radical (unpaired) electrons. The molecule has 5 heterocycles. The summed E-state index contributed by atoms with van der Waals surface area (Å²) in [6.45, 7) is 0.0297. The normalized spacial score (nSPS) is 28.4. The second kappa shape index (κ2) is 14.0. The highest BCUT2D eigenvalue weighted by Crippen LogP contribution is 2.47. The molecule has 3 saturated heterocycles. The van der Waals surface area contributed by atoms with Crippen LogP contribution in [0, 0.1) is 5.82 Å². The summed E-state index contributed by atoms with van der Waals surface area (Å²) in [6.07, 6.45) is -12.0. The maximum Gasteiger partial charge on any atom is 0.508 e. The van der Waals surface area contributed by atoms with Crippen LogP contribution < -0.4 is 4.90 Å². The van der Waals surface area contributed by atoms with Crippen LogP contribution in [0.2, 0.25) is 0 Å². The molecule has 4 aromatic rings. The van der Waals surface area contributed by atoms with Crippen molar-refractivity contribution in [1.29, 1.82) is 0 Å². The maximum atomic E-state index is 15.4. The number of thiazole rings is 1. The number of aliphatic hydroxyl groups excluding tert-OH is 3. The van der Waals surface area contributed by atoms with E-state index in [0.717, 1.165) is 49.2 Å². The first-order valence-corrected chi connectivity index (χ1v) is 18.0. The third-order valence-corrected chi connectivity index (χ3v) is 11.3. The average Bonchev–Trinajstić information content (AvgIpc) is 3.64. The molecule has 1 aliphatic carbocycles. The van der Waals surface area contributed by atoms with Crippen molar-refractivity contribution in [3.05, 3.63) is 64.7 Å². The van der Waals surface area contributed by atoms with Crippen molar-refractivity contribution in [2.75, 3.05) is 4.90 Å². The molecule has 0 amide bonds. The van der Waals surface area contributed by atoms with Crippen molar-refractivity contribution < 1.29 is 71.0 Å². The van der Waals surface area contributed by atoms with Gasteiger partial charge in [-0.1, -0.05) is 34.7 Å². The number of aromatic nitrogens is 2. The molecule has 54 heavy (non-hydrogen) atoms. The molecule has 14 nitrogen and oxygen atoms in total. The van der Waals surface area contributed by atoms with E-state index < -0.39 is 60.6 Å². The lowest BCUT2D eigenvalue weighted by Gasteiger charge is -2.38. The van der Waals surface area contributed by atoms with Gasteiger partial charge in [-0.3, -0.25) is 4.74 Å². The lowest BCUT2D eigenvalue weighted by Crippen LogP contribution is -2.59. The summed E-state index contributed by atoms with van der Waals surface area (Å²) >= 11 is 1.15. The fourth-order valence-corrected chi connectivity index (χ4v) is 8.71. The molecule has 8 rings (SSSR count). The molecule has 19 heteroatoms. The molecule has 2 aromatic carbocycles. The van der Waals surface area contributed by atoms with Gasteiger partial charge in [0.05, 0.1) is 28.5 Å². The predicted octanol–water partition coefficient (Wildman–Crippen LogP) is 5.32. The molecule has 7 unspecified atom stereocenters. The number of rotatable bonds is 9. The van der Waals surface area contributed by atoms with Gasteiger partial charge in [0.25, 0.3) is 0 Å². The molecule has 4 N–H and O–H groups in total. The summed E-state index contributed by atoms with van der Waals surface area (Å²) < 4.78 is 84.0. The minimum atomic E-state index is -4.58. The van der Waals surface area contributed by atoms with Gasteiger partial charge in [0.2, 0.25) is 12.6 Å². The smallest absolute Gasteiger partial charge is 0.450 e. The minimum Gasteiger partial charge on any atom is -0.450 e. The number of carboxylic acid groups (broad SMARTS) is 1. The molecule has 7 atom stereocenters. The highest BCUT2D eigenvalue weighted by molar-refractivity contribution is 7.22. The molecular formula is C35H33F4N3O11S. The third-order valence-electron chi connectivity index (χ3n) is 10.3. The highest BCUT2D eigenvalue weighted by atomic mass is 32.1. The van der Waals surface area contributed by atoms with Gasteiger partial charge in [-0.2, -0.15) is 13.2 Å². The van der Waals surface area contributed by atoms with E-state index in [-0.39, 0.29) is 53.0 Å². The van der Waals surface area contributed by atoms with Crippen molar-refractivity contribution in [2.45, 2.75) is 106 Å². The Morgan fingerprint density at radius 3 is 2.31 bits per heavy atom. The van der Waals surface area contributed by atoms with Crippen molar-refractivity contribution in [3.63, 3.8) is 0 Å². The number of hydrogen-bond acceptors (Lipinski definition) is 14. The van der Waals surface area contributed by atoms with E-state index in [2.05, 4.69) is 19.8 Å². The highest BCUT2D eigenvalue weighted by Gasteiger charge is 2.48. The topological polar surface area (TPSA) is 194 Å². The average molecular weight is 780 g/mol. The number of piperidine rings is 1. The van der Waals surface area contributed by atoms with Gasteiger partial charge in [-0.25, -0.2) is 19.0 Å². The third kappa shape index (κ3) is 6.88. The number of alkyl halides is 3. The zero-order valence-electron chi connectivity index (χ0n) is 28.0. The van der Waals surface area contributed by atoms with Gasteiger partial charge >= 0.3 is 18.3 Å². The molecule has 0 spiro atoms. The van der Waals surface area contributed by atoms with Gasteiger partial charge < -0.3 is 44.1 Å². The van der Waals surface area contributed by atoms with E-state index in [4.69, 9.17) is 23.8 Å². The number of esters is 1. The quantitative estimate of drug-likeness (QED) is 0.126. The lowest BCUT2D eigenvalue weighted by molar-refractivity contribution is -0.327. The van der Waals surface area contributed by atoms with E-state index in [9.17, 15) is 38.1 Å². The Morgan fingerprint density at radius 1 is 0.963 bits per heavy atom. The van der Waals surface area contributed by atoms with Crippen molar-refractivity contribution in [1.82, 2.24) is 10.1 Å². The van der Waals surface area contributed by atoms with Crippen LogP contribution in [0.15, 0.2) is 40.9 Å². The number of ether oxygens (including phenoxy) is 4. The second-order valence-corrected chi connectivity index (χ2v) is 14.8. The number of aliphatic hydroxyl groups is 3. The predicted molar refractivity (Wildman–Crippen MR) is 177 cm³/mol. The summed E-state index contributed by atoms with van der Waals surface area (Å²) in [5.41, 5.74) is -0.492. The van der Waals surface area contributed by atoms with Crippen LogP contribution >= 0.6 is 11.3 Å². The number of carbonyl (C=O) groups excluding carboxylic acids is 1. The fraction of sp³-hybridized carbons (Fsp3) is 0.486. The van der Waals surface area contributed by atoms with E-state index in [1.807, 2.05) is 0 Å². The first-order valence-electron chi connectivity index (χ1n) is 17.2. The molecule has 4 fully saturated rings. The number of halogens is 4. The Kier molecular flexibility index (Phi) is 9.50.